The Balaban J connectivity index is 0.000000443. The summed E-state index contributed by atoms with van der Waals surface area (Å²) in [6, 6.07) is 12.3. The lowest BCUT2D eigenvalue weighted by Gasteiger charge is -2.21. The van der Waals surface area contributed by atoms with Crippen molar-refractivity contribution in [2.45, 2.75) is 77.6 Å². The number of carbonyl (C=O) groups excluding carboxylic acids is 2. The highest BCUT2D eigenvalue weighted by Crippen LogP contribution is 2.31. The molecule has 2 heterocycles. The van der Waals surface area contributed by atoms with E-state index in [1.165, 1.54) is 5.56 Å². The van der Waals surface area contributed by atoms with Gasteiger partial charge >= 0.3 is 0 Å². The summed E-state index contributed by atoms with van der Waals surface area (Å²) in [7, 11) is 7.01. The van der Waals surface area contributed by atoms with E-state index in [-0.39, 0.29) is 5.41 Å². The fraction of sp³-hybridized carbons (Fsp3) is 0.610. The highest BCUT2D eigenvalue weighted by Gasteiger charge is 2.34. The summed E-state index contributed by atoms with van der Waals surface area (Å²) in [5, 5.41) is 17.6. The number of carbonyl (C=O) groups is 2. The first-order valence-electron chi connectivity index (χ1n) is 19.5. The van der Waals surface area contributed by atoms with Gasteiger partial charge in [-0.3, -0.25) is 9.59 Å². The Kier molecular flexibility index (Phi) is 26.3. The van der Waals surface area contributed by atoms with E-state index in [9.17, 15) is 9.59 Å². The van der Waals surface area contributed by atoms with Crippen LogP contribution in [0.1, 0.15) is 69.7 Å². The Labute approximate surface area is 344 Å². The van der Waals surface area contributed by atoms with Gasteiger partial charge < -0.3 is 50.1 Å². The smallest absolute Gasteiger partial charge is 0.207 e. The fourth-order valence-electron chi connectivity index (χ4n) is 5.37. The number of nitrogens with two attached hydrogens (primary N) is 1. The number of likely N-dealkylation sites (N-methyl/N-ethyl adjacent to an activating group) is 1. The van der Waals surface area contributed by atoms with Gasteiger partial charge in [-0.1, -0.05) is 46.8 Å². The maximum atomic E-state index is 10.8. The van der Waals surface area contributed by atoms with Gasteiger partial charge in [0.25, 0.3) is 0 Å². The third kappa shape index (κ3) is 18.0. The lowest BCUT2D eigenvalue weighted by atomic mass is 9.86. The molecule has 0 bridgehead atoms. The van der Waals surface area contributed by atoms with Crippen molar-refractivity contribution < 1.29 is 38.0 Å². The van der Waals surface area contributed by atoms with Crippen LogP contribution in [0.4, 0.5) is 5.69 Å². The summed E-state index contributed by atoms with van der Waals surface area (Å²) in [4.78, 5) is 21.1. The van der Waals surface area contributed by atoms with Gasteiger partial charge in [-0.2, -0.15) is 11.8 Å². The van der Waals surface area contributed by atoms with Crippen molar-refractivity contribution in [3.05, 3.63) is 53.3 Å². The van der Waals surface area contributed by atoms with E-state index in [0.717, 1.165) is 30.0 Å². The molecule has 1 amide bonds. The third-order valence-corrected chi connectivity index (χ3v) is 10.2. The third-order valence-electron chi connectivity index (χ3n) is 8.58. The molecule has 3 unspecified atom stereocenters. The Hall–Kier alpha value is -3.93. The number of aromatic nitrogens is 3. The van der Waals surface area contributed by atoms with E-state index >= 15 is 0 Å². The van der Waals surface area contributed by atoms with Gasteiger partial charge in [0.1, 0.15) is 35.2 Å². The summed E-state index contributed by atoms with van der Waals surface area (Å²) >= 11 is 1.94. The van der Waals surface area contributed by atoms with Gasteiger partial charge in [-0.25, -0.2) is 4.68 Å². The largest absolute Gasteiger partial charge is 0.497 e. The second kappa shape index (κ2) is 29.3. The molecule has 1 aromatic heterocycles. The van der Waals surface area contributed by atoms with Crippen molar-refractivity contribution in [1.82, 2.24) is 25.6 Å². The van der Waals surface area contributed by atoms with Crippen LogP contribution in [0, 0.1) is 6.92 Å². The average Bonchev–Trinajstić information content (AvgIpc) is 3.82. The van der Waals surface area contributed by atoms with Crippen molar-refractivity contribution in [3.63, 3.8) is 0 Å². The van der Waals surface area contributed by atoms with Crippen LogP contribution in [0.2, 0.25) is 0 Å². The molecule has 0 spiro atoms. The number of amides is 1. The van der Waals surface area contributed by atoms with Gasteiger partial charge in [-0.15, -0.1) is 5.10 Å². The van der Waals surface area contributed by atoms with Crippen LogP contribution < -0.4 is 35.9 Å². The Bertz CT molecular complexity index is 1530. The summed E-state index contributed by atoms with van der Waals surface area (Å²) in [6.45, 7) is 18.9. The first-order valence-corrected chi connectivity index (χ1v) is 20.5. The van der Waals surface area contributed by atoms with Crippen LogP contribution in [-0.4, -0.2) is 132 Å². The molecular formula is C41H69N7O8S. The van der Waals surface area contributed by atoms with E-state index in [1.54, 1.807) is 44.0 Å². The van der Waals surface area contributed by atoms with Crippen LogP contribution in [0.15, 0.2) is 36.4 Å². The van der Waals surface area contributed by atoms with E-state index in [2.05, 4.69) is 66.1 Å². The molecule has 15 nitrogen and oxygen atoms in total. The topological polar surface area (TPSA) is 182 Å². The quantitative estimate of drug-likeness (QED) is 0.0827. The number of methoxy groups -OCH3 is 2. The van der Waals surface area contributed by atoms with Gasteiger partial charge in [0, 0.05) is 48.5 Å². The zero-order chi connectivity index (χ0) is 42.6. The highest BCUT2D eigenvalue weighted by molar-refractivity contribution is 8.00. The first-order chi connectivity index (χ1) is 27.5. The average molecular weight is 820 g/mol. The van der Waals surface area contributed by atoms with Gasteiger partial charge in [0.15, 0.2) is 6.29 Å². The van der Waals surface area contributed by atoms with Gasteiger partial charge in [-0.05, 0) is 55.6 Å². The first kappa shape index (κ1) is 51.1. The number of hydrogen-bond acceptors (Lipinski definition) is 14. The second-order valence-corrected chi connectivity index (χ2v) is 14.6. The molecule has 1 saturated heterocycles. The summed E-state index contributed by atoms with van der Waals surface area (Å²) in [5.74, 6) is 3.25. The molecule has 3 atom stereocenters. The Morgan fingerprint density at radius 1 is 0.912 bits per heavy atom. The maximum Gasteiger partial charge on any atom is 0.207 e. The summed E-state index contributed by atoms with van der Waals surface area (Å²) in [6.07, 6.45) is 2.60. The van der Waals surface area contributed by atoms with Gasteiger partial charge in [0.05, 0.1) is 65.6 Å². The lowest BCUT2D eigenvalue weighted by molar-refractivity contribution is -0.110. The monoisotopic (exact) mass is 819 g/mol. The zero-order valence-corrected chi connectivity index (χ0v) is 36.8. The van der Waals surface area contributed by atoms with Crippen molar-refractivity contribution in [1.29, 1.82) is 0 Å². The highest BCUT2D eigenvalue weighted by atomic mass is 32.2. The molecule has 4 rings (SSSR count). The minimum atomic E-state index is 0.0761. The molecule has 2 aromatic carbocycles. The van der Waals surface area contributed by atoms with Crippen molar-refractivity contribution in [3.8, 4) is 22.9 Å². The number of benzene rings is 2. The van der Waals surface area contributed by atoms with Gasteiger partial charge in [0.2, 0.25) is 6.41 Å². The molecule has 0 aliphatic carbocycles. The molecule has 0 saturated carbocycles. The SMILES string of the molecule is CC.CCC1SCC(NC)C1NC=O.CNc1cc(OCCOCCOCCOCCN)cc(C(C)(C)C)c1.COc1ccc(OC)c(-n2nnc(C=O)c2C)c1. The summed E-state index contributed by atoms with van der Waals surface area (Å²) in [5.41, 5.74) is 9.32. The standard InChI is InChI=1S/C19H34N2O4.C12H13N3O3.C8H16N2OS.C2H6/c1-19(2,3)16-13-17(21-4)15-18(14-16)25-12-11-24-10-9-23-8-7-22-6-5-20;1-8-10(7-16)13-14-15(8)11-6-9(17-2)4-5-12(11)18-3;1-3-7-8(10-5-11)6(9-2)4-12-7;1-2/h13-15,21H,5-12,20H2,1-4H3;4-7H,1-3H3;5-9H,3-4H2,1-2H3,(H,10,11);1-2H3. The zero-order valence-electron chi connectivity index (χ0n) is 36.0. The Morgan fingerprint density at radius 3 is 2.07 bits per heavy atom. The maximum absolute atomic E-state index is 10.8. The van der Waals surface area contributed by atoms with Crippen LogP contribution >= 0.6 is 11.8 Å². The second-order valence-electron chi connectivity index (χ2n) is 13.3. The molecule has 16 heteroatoms. The molecule has 3 aromatic rings. The number of rotatable bonds is 21. The van der Waals surface area contributed by atoms with E-state index < -0.39 is 0 Å². The minimum absolute atomic E-state index is 0.0761. The molecule has 57 heavy (non-hydrogen) atoms. The molecule has 322 valence electrons. The van der Waals surface area contributed by atoms with Crippen LogP contribution in [0.5, 0.6) is 17.2 Å². The molecule has 1 aliphatic rings. The number of ether oxygens (including phenoxy) is 6. The summed E-state index contributed by atoms with van der Waals surface area (Å²) < 4.78 is 33.9. The number of anilines is 1. The van der Waals surface area contributed by atoms with Crippen LogP contribution in [0.25, 0.3) is 5.69 Å². The van der Waals surface area contributed by atoms with Crippen LogP contribution in [0.3, 0.4) is 0 Å². The number of nitrogens with zero attached hydrogens (tertiary/aromatic N) is 3. The molecule has 1 fully saturated rings. The minimum Gasteiger partial charge on any atom is -0.497 e. The number of aldehydes is 1. The predicted octanol–water partition coefficient (Wildman–Crippen LogP) is 5.06. The molecule has 0 radical (unpaired) electrons. The van der Waals surface area contributed by atoms with Crippen molar-refractivity contribution in [2.75, 3.05) is 92.2 Å². The number of nitrogens with one attached hydrogen (secondary N) is 3. The predicted molar refractivity (Wildman–Crippen MR) is 230 cm³/mol. The number of thioether (sulfide) groups is 1. The van der Waals surface area contributed by atoms with Crippen molar-refractivity contribution in [2.24, 2.45) is 5.73 Å². The number of hydrogen-bond donors (Lipinski definition) is 4. The molecule has 5 N–H and O–H groups in total. The van der Waals surface area contributed by atoms with E-state index in [4.69, 9.17) is 34.2 Å². The normalized spacial score (nSPS) is 15.8. The lowest BCUT2D eigenvalue weighted by Crippen LogP contribution is -2.48. The molecule has 1 aliphatic heterocycles. The van der Waals surface area contributed by atoms with Crippen LogP contribution in [-0.2, 0) is 24.4 Å². The fourth-order valence-corrected chi connectivity index (χ4v) is 6.91. The van der Waals surface area contributed by atoms with E-state index in [1.807, 2.05) is 45.8 Å². The van der Waals surface area contributed by atoms with E-state index in [0.29, 0.717) is 105 Å². The van der Waals surface area contributed by atoms with Crippen molar-refractivity contribution >= 4 is 30.1 Å². The molecular weight excluding hydrogens is 751 g/mol. The Morgan fingerprint density at radius 2 is 1.56 bits per heavy atom.